The van der Waals surface area contributed by atoms with Crippen LogP contribution in [0, 0.1) is 11.8 Å². The lowest BCUT2D eigenvalue weighted by Crippen LogP contribution is -2.46. The first-order valence-corrected chi connectivity index (χ1v) is 21.2. The number of rotatable bonds is 17. The molecule has 10 heteroatoms. The standard InChI is InChI=1S/C48H61NO9/c1-5-6-7-16-41(49-2)37-26-44-38(27-43(37)55-4)47(53)45(42(58-44)17-11-20-54-3)40-28-56-48-31(24-35(25-39(48)46(40)52)57-34-14-8-9-15-34)21-30-23-33(51)18-19-36(30)29-12-10-13-32(50)22-29/h10,12-13,18-19,22-27,34,40-42,45-47,49-53H,5-9,11,14-17,20-21,28H2,1-4H3. The molecule has 4 aromatic rings. The summed E-state index contributed by atoms with van der Waals surface area (Å²) in [4.78, 5) is 0. The van der Waals surface area contributed by atoms with Crippen molar-refractivity contribution in [3.63, 3.8) is 0 Å². The highest BCUT2D eigenvalue weighted by molar-refractivity contribution is 5.70. The number of methoxy groups -OCH3 is 2. The zero-order chi connectivity index (χ0) is 40.8. The number of ether oxygens (including phenoxy) is 5. The molecule has 2 aliphatic heterocycles. The number of hydrogen-bond donors (Lipinski definition) is 5. The van der Waals surface area contributed by atoms with Gasteiger partial charge in [-0.2, -0.15) is 0 Å². The minimum absolute atomic E-state index is 0.0629. The molecule has 2 heterocycles. The van der Waals surface area contributed by atoms with Crippen LogP contribution in [0.5, 0.6) is 34.5 Å². The minimum Gasteiger partial charge on any atom is -0.508 e. The molecule has 1 saturated carbocycles. The minimum atomic E-state index is -1.01. The smallest absolute Gasteiger partial charge is 0.128 e. The van der Waals surface area contributed by atoms with Crippen molar-refractivity contribution in [2.75, 3.05) is 34.5 Å². The maximum Gasteiger partial charge on any atom is 0.128 e. The van der Waals surface area contributed by atoms with E-state index in [0.717, 1.165) is 79.2 Å². The summed E-state index contributed by atoms with van der Waals surface area (Å²) in [5.74, 6) is 1.79. The van der Waals surface area contributed by atoms with Gasteiger partial charge in [0, 0.05) is 60.3 Å². The van der Waals surface area contributed by atoms with Crippen LogP contribution in [0.15, 0.2) is 66.7 Å². The highest BCUT2D eigenvalue weighted by Crippen LogP contribution is 2.52. The fourth-order valence-electron chi connectivity index (χ4n) is 9.46. The number of unbranched alkanes of at least 4 members (excludes halogenated alkanes) is 2. The molecule has 6 unspecified atom stereocenters. The molecule has 3 aliphatic rings. The van der Waals surface area contributed by atoms with E-state index in [0.29, 0.717) is 60.0 Å². The molecule has 0 saturated heterocycles. The van der Waals surface area contributed by atoms with Gasteiger partial charge in [-0.1, -0.05) is 44.4 Å². The van der Waals surface area contributed by atoms with Crippen LogP contribution >= 0.6 is 0 Å². The maximum absolute atomic E-state index is 12.5. The van der Waals surface area contributed by atoms with Gasteiger partial charge in [0.1, 0.15) is 40.6 Å². The molecule has 0 bridgehead atoms. The predicted molar refractivity (Wildman–Crippen MR) is 224 cm³/mol. The highest BCUT2D eigenvalue weighted by Gasteiger charge is 2.48. The van der Waals surface area contributed by atoms with Crippen LogP contribution in [0.4, 0.5) is 0 Å². The summed E-state index contributed by atoms with van der Waals surface area (Å²) in [6, 6.07) is 20.2. The Morgan fingerprint density at radius 2 is 1.67 bits per heavy atom. The average molecular weight is 796 g/mol. The van der Waals surface area contributed by atoms with Crippen LogP contribution in [0.25, 0.3) is 11.1 Å². The van der Waals surface area contributed by atoms with Crippen molar-refractivity contribution in [1.82, 2.24) is 5.32 Å². The Labute approximate surface area is 343 Å². The Balaban J connectivity index is 1.26. The Morgan fingerprint density at radius 1 is 0.862 bits per heavy atom. The zero-order valence-corrected chi connectivity index (χ0v) is 34.4. The Kier molecular flexibility index (Phi) is 13.7. The number of benzene rings is 4. The first kappa shape index (κ1) is 41.7. The molecule has 0 radical (unpaired) electrons. The molecular weight excluding hydrogens is 735 g/mol. The molecule has 4 aromatic carbocycles. The lowest BCUT2D eigenvalue weighted by atomic mass is 9.72. The van der Waals surface area contributed by atoms with Gasteiger partial charge in [0.2, 0.25) is 0 Å². The van der Waals surface area contributed by atoms with Gasteiger partial charge in [0.15, 0.2) is 0 Å². The van der Waals surface area contributed by atoms with Gasteiger partial charge in [0.05, 0.1) is 32.0 Å². The molecule has 7 rings (SSSR count). The normalized spacial score (nSPS) is 22.1. The number of aromatic hydroxyl groups is 2. The number of aliphatic hydroxyl groups excluding tert-OH is 2. The van der Waals surface area contributed by atoms with Gasteiger partial charge in [0.25, 0.3) is 0 Å². The topological polar surface area (TPSA) is 139 Å². The SMILES string of the molecule is CCCCCC(NC)c1cc2c(cc1OC)C(O)C(C1COc3c(Cc4cc(O)ccc4-c4cccc(O)c4)cc(OC4CCCC4)cc3C1O)C(CCCOC)O2. The van der Waals surface area contributed by atoms with E-state index < -0.39 is 30.1 Å². The quantitative estimate of drug-likeness (QED) is 0.0658. The van der Waals surface area contributed by atoms with Crippen molar-refractivity contribution >= 4 is 0 Å². The third kappa shape index (κ3) is 9.05. The monoisotopic (exact) mass is 795 g/mol. The van der Waals surface area contributed by atoms with Crippen molar-refractivity contribution in [3.05, 3.63) is 94.5 Å². The zero-order valence-electron chi connectivity index (χ0n) is 34.4. The predicted octanol–water partition coefficient (Wildman–Crippen LogP) is 9.11. The number of nitrogens with one attached hydrogen (secondary N) is 1. The van der Waals surface area contributed by atoms with Gasteiger partial charge < -0.3 is 49.4 Å². The second-order valence-corrected chi connectivity index (χ2v) is 16.3. The summed E-state index contributed by atoms with van der Waals surface area (Å²) in [7, 11) is 5.30. The molecule has 1 fully saturated rings. The van der Waals surface area contributed by atoms with E-state index in [4.69, 9.17) is 23.7 Å². The lowest BCUT2D eigenvalue weighted by Gasteiger charge is -2.45. The largest absolute Gasteiger partial charge is 0.508 e. The van der Waals surface area contributed by atoms with Crippen molar-refractivity contribution < 1.29 is 44.1 Å². The van der Waals surface area contributed by atoms with Gasteiger partial charge in [-0.25, -0.2) is 0 Å². The summed E-state index contributed by atoms with van der Waals surface area (Å²) in [5, 5.41) is 49.4. The lowest BCUT2D eigenvalue weighted by molar-refractivity contribution is -0.0890. The first-order chi connectivity index (χ1) is 28.2. The molecule has 58 heavy (non-hydrogen) atoms. The van der Waals surface area contributed by atoms with Gasteiger partial charge in [-0.15, -0.1) is 0 Å². The molecule has 0 aromatic heterocycles. The summed E-state index contributed by atoms with van der Waals surface area (Å²) < 4.78 is 31.6. The molecule has 0 spiro atoms. The van der Waals surface area contributed by atoms with Crippen LogP contribution in [0.3, 0.4) is 0 Å². The van der Waals surface area contributed by atoms with Crippen molar-refractivity contribution in [1.29, 1.82) is 0 Å². The molecule has 6 atom stereocenters. The molecule has 1 aliphatic carbocycles. The van der Waals surface area contributed by atoms with Crippen molar-refractivity contribution in [2.24, 2.45) is 11.8 Å². The first-order valence-electron chi connectivity index (χ1n) is 21.2. The summed E-state index contributed by atoms with van der Waals surface area (Å²) in [5.41, 5.74) is 5.56. The number of phenols is 2. The highest BCUT2D eigenvalue weighted by atomic mass is 16.5. The Hall–Kier alpha value is -4.48. The molecule has 0 amide bonds. The molecule has 10 nitrogen and oxygen atoms in total. The van der Waals surface area contributed by atoms with Crippen LogP contribution in [0.2, 0.25) is 0 Å². The van der Waals surface area contributed by atoms with E-state index >= 15 is 0 Å². The third-order valence-corrected chi connectivity index (χ3v) is 12.4. The number of fused-ring (bicyclic) bond motifs is 2. The Bertz CT molecular complexity index is 1990. The third-order valence-electron chi connectivity index (χ3n) is 12.4. The van der Waals surface area contributed by atoms with Gasteiger partial charge >= 0.3 is 0 Å². The van der Waals surface area contributed by atoms with Crippen LogP contribution < -0.4 is 24.3 Å². The molecular formula is C48H61NO9. The second-order valence-electron chi connectivity index (χ2n) is 16.3. The van der Waals surface area contributed by atoms with Crippen LogP contribution in [0.1, 0.15) is 117 Å². The van der Waals surface area contributed by atoms with E-state index in [1.165, 1.54) is 0 Å². The average Bonchev–Trinajstić information content (AvgIpc) is 3.73. The summed E-state index contributed by atoms with van der Waals surface area (Å²) in [6.07, 6.45) is 7.85. The van der Waals surface area contributed by atoms with E-state index in [1.54, 1.807) is 44.6 Å². The fourth-order valence-corrected chi connectivity index (χ4v) is 9.46. The van der Waals surface area contributed by atoms with Gasteiger partial charge in [-0.05, 0) is 117 Å². The molecule has 312 valence electrons. The van der Waals surface area contributed by atoms with E-state index in [2.05, 4.69) is 12.2 Å². The molecule has 5 N–H and O–H groups in total. The van der Waals surface area contributed by atoms with E-state index in [1.807, 2.05) is 43.4 Å². The fraction of sp³-hybridized carbons (Fsp3) is 0.500. The number of aliphatic hydroxyl groups is 2. The van der Waals surface area contributed by atoms with Crippen LogP contribution in [-0.4, -0.2) is 67.1 Å². The summed E-state index contributed by atoms with van der Waals surface area (Å²) >= 11 is 0. The van der Waals surface area contributed by atoms with Gasteiger partial charge in [-0.3, -0.25) is 0 Å². The van der Waals surface area contributed by atoms with E-state index in [9.17, 15) is 20.4 Å². The summed E-state index contributed by atoms with van der Waals surface area (Å²) in [6.45, 7) is 2.89. The maximum atomic E-state index is 12.5. The number of phenolic OH excluding ortho intramolecular Hbond substituents is 2. The van der Waals surface area contributed by atoms with Crippen molar-refractivity contribution in [2.45, 2.75) is 108 Å². The van der Waals surface area contributed by atoms with Crippen LogP contribution in [-0.2, 0) is 11.2 Å². The number of hydrogen-bond acceptors (Lipinski definition) is 10. The Morgan fingerprint density at radius 3 is 2.41 bits per heavy atom. The van der Waals surface area contributed by atoms with E-state index in [-0.39, 0.29) is 30.3 Å². The van der Waals surface area contributed by atoms with Crippen molar-refractivity contribution in [3.8, 4) is 45.6 Å². The second kappa shape index (κ2) is 19.1.